The number of sulfone groups is 1. The third-order valence-corrected chi connectivity index (χ3v) is 6.20. The number of alkyl halides is 3. The molecule has 0 amide bonds. The molecule has 1 heterocycles. The molecule has 0 saturated carbocycles. The Morgan fingerprint density at radius 1 is 1.33 bits per heavy atom. The lowest BCUT2D eigenvalue weighted by atomic mass is 10.2. The predicted molar refractivity (Wildman–Crippen MR) is 82.3 cm³/mol. The highest BCUT2D eigenvalue weighted by Crippen LogP contribution is 2.32. The molecule has 1 aliphatic rings. The van der Waals surface area contributed by atoms with Crippen LogP contribution >= 0.6 is 11.8 Å². The van der Waals surface area contributed by atoms with E-state index in [1.165, 1.54) is 6.92 Å². The van der Waals surface area contributed by atoms with Crippen LogP contribution in [0.3, 0.4) is 0 Å². The normalized spacial score (nSPS) is 19.2. The number of thioether (sulfide) groups is 1. The Hall–Kier alpha value is -0.520. The summed E-state index contributed by atoms with van der Waals surface area (Å²) in [5.74, 6) is -3.08. The zero-order valence-corrected chi connectivity index (χ0v) is 15.1. The second-order valence-corrected chi connectivity index (χ2v) is 8.73. The number of carbonyl (C=O) groups excluding carboxylic acids is 1. The van der Waals surface area contributed by atoms with Gasteiger partial charge in [0.15, 0.2) is 20.9 Å². The second-order valence-electron chi connectivity index (χ2n) is 5.27. The van der Waals surface area contributed by atoms with Crippen molar-refractivity contribution in [3.05, 3.63) is 0 Å². The van der Waals surface area contributed by atoms with E-state index in [0.717, 1.165) is 0 Å². The van der Waals surface area contributed by atoms with E-state index >= 15 is 0 Å². The fraction of sp³-hybridized carbons (Fsp3) is 0.923. The minimum atomic E-state index is -4.48. The van der Waals surface area contributed by atoms with Crippen LogP contribution in [0, 0.1) is 0 Å². The first kappa shape index (κ1) is 21.5. The summed E-state index contributed by atoms with van der Waals surface area (Å²) in [6.45, 7) is 3.68. The maximum absolute atomic E-state index is 12.4. The number of hydrogen-bond acceptors (Lipinski definition) is 7. The number of hydrogen-bond donors (Lipinski definition) is 0. The molecule has 1 saturated heterocycles. The molecule has 24 heavy (non-hydrogen) atoms. The predicted octanol–water partition coefficient (Wildman–Crippen LogP) is 2.13. The molecule has 6 nitrogen and oxygen atoms in total. The van der Waals surface area contributed by atoms with Crippen molar-refractivity contribution in [2.75, 3.05) is 31.3 Å². The molecular formula is C13H21F3O6S2. The quantitative estimate of drug-likeness (QED) is 0.554. The molecule has 0 radical (unpaired) electrons. The first-order valence-electron chi connectivity index (χ1n) is 7.36. The molecular weight excluding hydrogens is 373 g/mol. The Bertz CT molecular complexity index is 514. The smallest absolute Gasteiger partial charge is 0.441 e. The Labute approximate surface area is 143 Å². The van der Waals surface area contributed by atoms with E-state index in [2.05, 4.69) is 0 Å². The monoisotopic (exact) mass is 394 g/mol. The van der Waals surface area contributed by atoms with Crippen molar-refractivity contribution < 1.29 is 40.6 Å². The third-order valence-electron chi connectivity index (χ3n) is 3.37. The van der Waals surface area contributed by atoms with Gasteiger partial charge in [0, 0.05) is 12.2 Å². The van der Waals surface area contributed by atoms with Crippen LogP contribution in [0.15, 0.2) is 0 Å². The zero-order chi connectivity index (χ0) is 18.4. The molecule has 1 rings (SSSR count). The topological polar surface area (TPSA) is 78.9 Å². The highest BCUT2D eigenvalue weighted by molar-refractivity contribution is 8.00. The van der Waals surface area contributed by atoms with Crippen molar-refractivity contribution >= 4 is 27.6 Å². The largest absolute Gasteiger partial charge is 0.465 e. The molecule has 0 aromatic carbocycles. The molecule has 142 valence electrons. The van der Waals surface area contributed by atoms with E-state index in [9.17, 15) is 26.4 Å². The van der Waals surface area contributed by atoms with Gasteiger partial charge in [0.05, 0.1) is 25.6 Å². The van der Waals surface area contributed by atoms with E-state index < -0.39 is 50.3 Å². The van der Waals surface area contributed by atoms with E-state index in [0.29, 0.717) is 13.2 Å². The van der Waals surface area contributed by atoms with Crippen molar-refractivity contribution in [2.24, 2.45) is 0 Å². The highest BCUT2D eigenvalue weighted by atomic mass is 32.2. The molecule has 1 aliphatic heterocycles. The van der Waals surface area contributed by atoms with Gasteiger partial charge in [-0.2, -0.15) is 13.2 Å². The number of ether oxygens (including phenoxy) is 3. The number of carbonyl (C=O) groups is 1. The van der Waals surface area contributed by atoms with Crippen LogP contribution in [0.1, 0.15) is 26.7 Å². The van der Waals surface area contributed by atoms with E-state index in [4.69, 9.17) is 14.2 Å². The van der Waals surface area contributed by atoms with Crippen LogP contribution in [0.25, 0.3) is 0 Å². The molecule has 0 aliphatic carbocycles. The van der Waals surface area contributed by atoms with Crippen molar-refractivity contribution in [3.63, 3.8) is 0 Å². The number of esters is 1. The molecule has 1 fully saturated rings. The van der Waals surface area contributed by atoms with E-state index in [-0.39, 0.29) is 24.8 Å². The van der Waals surface area contributed by atoms with Gasteiger partial charge in [-0.1, -0.05) is 11.8 Å². The first-order chi connectivity index (χ1) is 11.0. The Morgan fingerprint density at radius 2 is 1.92 bits per heavy atom. The number of halogens is 3. The maximum atomic E-state index is 12.4. The molecule has 1 atom stereocenters. The molecule has 1 unspecified atom stereocenters. The van der Waals surface area contributed by atoms with Crippen LogP contribution in [-0.4, -0.2) is 62.3 Å². The van der Waals surface area contributed by atoms with Crippen molar-refractivity contribution in [1.82, 2.24) is 0 Å². The van der Waals surface area contributed by atoms with Crippen LogP contribution in [0.5, 0.6) is 0 Å². The summed E-state index contributed by atoms with van der Waals surface area (Å²) in [5, 5.41) is -1.63. The van der Waals surface area contributed by atoms with Crippen LogP contribution in [-0.2, 0) is 28.8 Å². The Balaban J connectivity index is 2.73. The minimum absolute atomic E-state index is 0.0162. The van der Waals surface area contributed by atoms with Gasteiger partial charge >= 0.3 is 11.5 Å². The molecule has 0 spiro atoms. The molecule has 0 aromatic heterocycles. The van der Waals surface area contributed by atoms with Gasteiger partial charge in [0.25, 0.3) is 0 Å². The molecule has 0 aromatic rings. The SMILES string of the molecule is CCOC(=O)C(CCSC(F)(F)F)S(=O)(=O)CCC1(C)OCCO1. The molecule has 0 bridgehead atoms. The van der Waals surface area contributed by atoms with Gasteiger partial charge in [-0.05, 0) is 20.3 Å². The van der Waals surface area contributed by atoms with Crippen LogP contribution < -0.4 is 0 Å². The summed E-state index contributed by atoms with van der Waals surface area (Å²) in [4.78, 5) is 11.9. The van der Waals surface area contributed by atoms with Gasteiger partial charge in [0.1, 0.15) is 0 Å². The summed E-state index contributed by atoms with van der Waals surface area (Å²) in [7, 11) is -4.00. The average molecular weight is 394 g/mol. The molecule has 11 heteroatoms. The standard InChI is InChI=1S/C13H21F3O6S2/c1-3-20-11(17)10(4-8-23-13(14,15)16)24(18,19)9-5-12(2)21-6-7-22-12/h10H,3-9H2,1-2H3. The Kier molecular flexibility index (Phi) is 7.82. The molecule has 0 N–H and O–H groups in total. The summed E-state index contributed by atoms with van der Waals surface area (Å²) in [6, 6.07) is 0. The van der Waals surface area contributed by atoms with Crippen molar-refractivity contribution in [2.45, 2.75) is 43.2 Å². The zero-order valence-electron chi connectivity index (χ0n) is 13.4. The first-order valence-corrected chi connectivity index (χ1v) is 10.1. The average Bonchev–Trinajstić information content (AvgIpc) is 2.88. The fourth-order valence-electron chi connectivity index (χ4n) is 2.13. The summed E-state index contributed by atoms with van der Waals surface area (Å²) in [6.07, 6.45) is -0.485. The van der Waals surface area contributed by atoms with Crippen molar-refractivity contribution in [1.29, 1.82) is 0 Å². The third kappa shape index (κ3) is 7.16. The summed E-state index contributed by atoms with van der Waals surface area (Å²) >= 11 is -0.365. The van der Waals surface area contributed by atoms with Gasteiger partial charge in [-0.15, -0.1) is 0 Å². The van der Waals surface area contributed by atoms with Gasteiger partial charge in [-0.25, -0.2) is 8.42 Å². The van der Waals surface area contributed by atoms with E-state index in [1.807, 2.05) is 0 Å². The highest BCUT2D eigenvalue weighted by Gasteiger charge is 2.39. The lowest BCUT2D eigenvalue weighted by Gasteiger charge is -2.23. The van der Waals surface area contributed by atoms with Gasteiger partial charge in [-0.3, -0.25) is 4.79 Å². The lowest BCUT2D eigenvalue weighted by Crippen LogP contribution is -2.37. The maximum Gasteiger partial charge on any atom is 0.441 e. The lowest BCUT2D eigenvalue weighted by molar-refractivity contribution is -0.144. The van der Waals surface area contributed by atoms with Crippen molar-refractivity contribution in [3.8, 4) is 0 Å². The van der Waals surface area contributed by atoms with Gasteiger partial charge < -0.3 is 14.2 Å². The fourth-order valence-corrected chi connectivity index (χ4v) is 4.64. The van der Waals surface area contributed by atoms with Crippen LogP contribution in [0.2, 0.25) is 0 Å². The number of rotatable bonds is 9. The van der Waals surface area contributed by atoms with Gasteiger partial charge in [0.2, 0.25) is 0 Å². The Morgan fingerprint density at radius 3 is 2.42 bits per heavy atom. The van der Waals surface area contributed by atoms with E-state index in [1.54, 1.807) is 6.92 Å². The second kappa shape index (κ2) is 8.72. The summed E-state index contributed by atoms with van der Waals surface area (Å²) in [5.41, 5.74) is -4.48. The van der Waals surface area contributed by atoms with Crippen LogP contribution in [0.4, 0.5) is 13.2 Å². The minimum Gasteiger partial charge on any atom is -0.465 e. The summed E-state index contributed by atoms with van der Waals surface area (Å²) < 4.78 is 76.7.